The van der Waals surface area contributed by atoms with Gasteiger partial charge in [-0.15, -0.1) is 0 Å². The van der Waals surface area contributed by atoms with Crippen LogP contribution in [0, 0.1) is 0 Å². The van der Waals surface area contributed by atoms with Gasteiger partial charge >= 0.3 is 0 Å². The molecule has 1 aliphatic heterocycles. The van der Waals surface area contributed by atoms with E-state index in [1.807, 2.05) is 6.07 Å². The predicted molar refractivity (Wildman–Crippen MR) is 102 cm³/mol. The Kier molecular flexibility index (Phi) is 6.13. The molecule has 7 heteroatoms. The molecule has 132 valence electrons. The van der Waals surface area contributed by atoms with Crippen LogP contribution in [0.5, 0.6) is 0 Å². The summed E-state index contributed by atoms with van der Waals surface area (Å²) in [4.78, 5) is 14.4. The lowest BCUT2D eigenvalue weighted by Crippen LogP contribution is -2.43. The van der Waals surface area contributed by atoms with Crippen LogP contribution < -0.4 is 0 Å². The number of hydrogen-bond donors (Lipinski definition) is 0. The Morgan fingerprint density at radius 1 is 1.04 bits per heavy atom. The van der Waals surface area contributed by atoms with Crippen LogP contribution in [0.1, 0.15) is 17.2 Å². The summed E-state index contributed by atoms with van der Waals surface area (Å²) in [6, 6.07) is 10.5. The van der Waals surface area contributed by atoms with E-state index in [1.54, 1.807) is 35.2 Å². The second kappa shape index (κ2) is 8.15. The van der Waals surface area contributed by atoms with Crippen LogP contribution >= 0.6 is 46.4 Å². The molecule has 25 heavy (non-hydrogen) atoms. The summed E-state index contributed by atoms with van der Waals surface area (Å²) in [5.41, 5.74) is 1.69. The topological polar surface area (TPSA) is 29.5 Å². The van der Waals surface area contributed by atoms with E-state index in [0.29, 0.717) is 39.8 Å². The first-order valence-corrected chi connectivity index (χ1v) is 9.23. The standard InChI is InChI=1S/C18H15Cl4NO2/c19-13-5-11(6-14(20)9-13)7-18(24)23-3-4-25-17(10-23)12-1-2-15(21)16(22)8-12/h1-2,5-6,8-9,17H,3-4,7,10H2. The van der Waals surface area contributed by atoms with Crippen molar-refractivity contribution in [3.8, 4) is 0 Å². The van der Waals surface area contributed by atoms with Crippen LogP contribution in [-0.4, -0.2) is 30.5 Å². The highest BCUT2D eigenvalue weighted by Crippen LogP contribution is 2.29. The summed E-state index contributed by atoms with van der Waals surface area (Å²) in [6.45, 7) is 1.48. The Hall–Kier alpha value is -0.970. The summed E-state index contributed by atoms with van der Waals surface area (Å²) in [5.74, 6) is 0.00620. The van der Waals surface area contributed by atoms with E-state index in [-0.39, 0.29) is 18.4 Å². The SMILES string of the molecule is O=C(Cc1cc(Cl)cc(Cl)c1)N1CCOC(c2ccc(Cl)c(Cl)c2)C1. The zero-order chi connectivity index (χ0) is 18.0. The van der Waals surface area contributed by atoms with Crippen molar-refractivity contribution in [3.05, 3.63) is 67.6 Å². The highest BCUT2D eigenvalue weighted by Gasteiger charge is 2.26. The third-order valence-corrected chi connectivity index (χ3v) is 5.19. The molecule has 0 aromatic heterocycles. The number of amides is 1. The lowest BCUT2D eigenvalue weighted by molar-refractivity contribution is -0.138. The van der Waals surface area contributed by atoms with Gasteiger partial charge in [-0.2, -0.15) is 0 Å². The molecule has 1 fully saturated rings. The number of nitrogens with zero attached hydrogens (tertiary/aromatic N) is 1. The molecular weight excluding hydrogens is 404 g/mol. The van der Waals surface area contributed by atoms with Gasteiger partial charge in [0.05, 0.1) is 29.6 Å². The largest absolute Gasteiger partial charge is 0.370 e. The van der Waals surface area contributed by atoms with E-state index in [9.17, 15) is 4.79 Å². The fourth-order valence-corrected chi connectivity index (χ4v) is 3.67. The number of halogens is 4. The van der Waals surface area contributed by atoms with Crippen molar-refractivity contribution in [2.24, 2.45) is 0 Å². The molecule has 1 unspecified atom stereocenters. The van der Waals surface area contributed by atoms with Gasteiger partial charge in [-0.25, -0.2) is 0 Å². The van der Waals surface area contributed by atoms with Gasteiger partial charge in [-0.1, -0.05) is 52.5 Å². The average Bonchev–Trinajstić information content (AvgIpc) is 2.56. The molecule has 1 saturated heterocycles. The summed E-state index contributed by atoms with van der Waals surface area (Å²) in [5, 5.41) is 2.00. The van der Waals surface area contributed by atoms with Gasteiger partial charge in [-0.3, -0.25) is 4.79 Å². The normalized spacial score (nSPS) is 17.6. The molecule has 3 rings (SSSR count). The van der Waals surface area contributed by atoms with Crippen molar-refractivity contribution in [3.63, 3.8) is 0 Å². The van der Waals surface area contributed by atoms with Crippen molar-refractivity contribution >= 4 is 52.3 Å². The minimum Gasteiger partial charge on any atom is -0.370 e. The molecule has 0 N–H and O–H groups in total. The third kappa shape index (κ3) is 4.81. The maximum absolute atomic E-state index is 12.6. The van der Waals surface area contributed by atoms with Crippen molar-refractivity contribution in [1.29, 1.82) is 0 Å². The lowest BCUT2D eigenvalue weighted by Gasteiger charge is -2.33. The van der Waals surface area contributed by atoms with Crippen molar-refractivity contribution in [2.45, 2.75) is 12.5 Å². The number of benzene rings is 2. The summed E-state index contributed by atoms with van der Waals surface area (Å²) >= 11 is 24.0. The van der Waals surface area contributed by atoms with E-state index in [4.69, 9.17) is 51.1 Å². The number of rotatable bonds is 3. The smallest absolute Gasteiger partial charge is 0.227 e. The molecule has 0 spiro atoms. The van der Waals surface area contributed by atoms with Gasteiger partial charge in [0, 0.05) is 16.6 Å². The van der Waals surface area contributed by atoms with E-state index >= 15 is 0 Å². The molecular formula is C18H15Cl4NO2. The molecule has 0 saturated carbocycles. The number of ether oxygens (including phenoxy) is 1. The molecule has 1 heterocycles. The Labute approximate surface area is 166 Å². The van der Waals surface area contributed by atoms with Crippen LogP contribution in [0.3, 0.4) is 0 Å². The number of carbonyl (C=O) groups excluding carboxylic acids is 1. The highest BCUT2D eigenvalue weighted by atomic mass is 35.5. The second-order valence-corrected chi connectivity index (χ2v) is 7.51. The van der Waals surface area contributed by atoms with Crippen molar-refractivity contribution in [2.75, 3.05) is 19.7 Å². The first-order chi connectivity index (χ1) is 11.9. The molecule has 3 nitrogen and oxygen atoms in total. The molecule has 1 amide bonds. The highest BCUT2D eigenvalue weighted by molar-refractivity contribution is 6.42. The van der Waals surface area contributed by atoms with Gasteiger partial charge < -0.3 is 9.64 Å². The first-order valence-electron chi connectivity index (χ1n) is 7.71. The van der Waals surface area contributed by atoms with Crippen molar-refractivity contribution < 1.29 is 9.53 Å². The van der Waals surface area contributed by atoms with Gasteiger partial charge in [0.25, 0.3) is 0 Å². The fourth-order valence-electron chi connectivity index (χ4n) is 2.79. The molecule has 1 aliphatic rings. The van der Waals surface area contributed by atoms with Crippen molar-refractivity contribution in [1.82, 2.24) is 4.90 Å². The molecule has 0 radical (unpaired) electrons. The summed E-state index contributed by atoms with van der Waals surface area (Å²) in [6.07, 6.45) is 0.0180. The maximum Gasteiger partial charge on any atom is 0.227 e. The van der Waals surface area contributed by atoms with Gasteiger partial charge in [0.2, 0.25) is 5.91 Å². The van der Waals surface area contributed by atoms with Crippen LogP contribution in [0.15, 0.2) is 36.4 Å². The van der Waals surface area contributed by atoms with E-state index in [2.05, 4.69) is 0 Å². The molecule has 2 aromatic carbocycles. The number of carbonyl (C=O) groups is 1. The maximum atomic E-state index is 12.6. The van der Waals surface area contributed by atoms with E-state index < -0.39 is 0 Å². The zero-order valence-corrected chi connectivity index (χ0v) is 16.2. The summed E-state index contributed by atoms with van der Waals surface area (Å²) < 4.78 is 5.79. The molecule has 0 aliphatic carbocycles. The Bertz CT molecular complexity index is 776. The predicted octanol–water partition coefficient (Wildman–Crippen LogP) is 5.44. The first kappa shape index (κ1) is 18.8. The summed E-state index contributed by atoms with van der Waals surface area (Å²) in [7, 11) is 0. The molecule has 0 bridgehead atoms. The van der Waals surface area contributed by atoms with Gasteiger partial charge in [0.1, 0.15) is 6.10 Å². The van der Waals surface area contributed by atoms with Crippen LogP contribution in [0.25, 0.3) is 0 Å². The lowest BCUT2D eigenvalue weighted by atomic mass is 10.1. The Morgan fingerprint density at radius 2 is 1.76 bits per heavy atom. The fraction of sp³-hybridized carbons (Fsp3) is 0.278. The molecule has 1 atom stereocenters. The number of hydrogen-bond acceptors (Lipinski definition) is 2. The second-order valence-electron chi connectivity index (χ2n) is 5.83. The van der Waals surface area contributed by atoms with Crippen LogP contribution in [-0.2, 0) is 16.0 Å². The third-order valence-electron chi connectivity index (χ3n) is 4.01. The van der Waals surface area contributed by atoms with E-state index in [1.165, 1.54) is 0 Å². The monoisotopic (exact) mass is 417 g/mol. The van der Waals surface area contributed by atoms with Gasteiger partial charge in [0.15, 0.2) is 0 Å². The minimum atomic E-state index is -0.226. The molecule has 2 aromatic rings. The van der Waals surface area contributed by atoms with Gasteiger partial charge in [-0.05, 0) is 41.5 Å². The quantitative estimate of drug-likeness (QED) is 0.663. The number of morpholine rings is 1. The minimum absolute atomic E-state index is 0.00620. The zero-order valence-electron chi connectivity index (χ0n) is 13.1. The average molecular weight is 419 g/mol. The Balaban J connectivity index is 1.69. The van der Waals surface area contributed by atoms with E-state index in [0.717, 1.165) is 11.1 Å². The van der Waals surface area contributed by atoms with Crippen LogP contribution in [0.4, 0.5) is 0 Å². The Morgan fingerprint density at radius 3 is 2.44 bits per heavy atom. The van der Waals surface area contributed by atoms with Crippen LogP contribution in [0.2, 0.25) is 20.1 Å².